The number of piperidine rings is 1. The van der Waals surface area contributed by atoms with Crippen molar-refractivity contribution in [3.8, 4) is 0 Å². The highest BCUT2D eigenvalue weighted by molar-refractivity contribution is 5.81. The number of hydrogen-bond donors (Lipinski definition) is 2. The number of benzene rings is 1. The first kappa shape index (κ1) is 16.0. The van der Waals surface area contributed by atoms with E-state index in [0.29, 0.717) is 11.7 Å². The lowest BCUT2D eigenvalue weighted by Crippen LogP contribution is -2.39. The van der Waals surface area contributed by atoms with E-state index in [1.807, 2.05) is 0 Å². The van der Waals surface area contributed by atoms with Gasteiger partial charge in [-0.05, 0) is 37.4 Å². The van der Waals surface area contributed by atoms with Gasteiger partial charge in [-0.15, -0.1) is 0 Å². The molecule has 4 rings (SSSR count). The Morgan fingerprint density at radius 1 is 1.16 bits per heavy atom. The number of nitrogens with one attached hydrogen (secondary N) is 2. The zero-order valence-corrected chi connectivity index (χ0v) is 14.5. The summed E-state index contributed by atoms with van der Waals surface area (Å²) < 4.78 is 0. The third kappa shape index (κ3) is 3.49. The SMILES string of the molecule is CC1CCN(C(CNc2ncnc3nc[nH]c23)c2ccccc2)CC1. The predicted octanol–water partition coefficient (Wildman–Crippen LogP) is 3.24. The molecule has 1 aliphatic rings. The topological polar surface area (TPSA) is 69.7 Å². The van der Waals surface area contributed by atoms with Crippen LogP contribution in [0.5, 0.6) is 0 Å². The van der Waals surface area contributed by atoms with Gasteiger partial charge in [0.1, 0.15) is 11.8 Å². The van der Waals surface area contributed by atoms with Gasteiger partial charge in [-0.1, -0.05) is 37.3 Å². The number of anilines is 1. The fraction of sp³-hybridized carbons (Fsp3) is 0.421. The molecular formula is C19H24N6. The molecule has 25 heavy (non-hydrogen) atoms. The van der Waals surface area contributed by atoms with E-state index in [9.17, 15) is 0 Å². The molecule has 0 radical (unpaired) electrons. The maximum Gasteiger partial charge on any atom is 0.182 e. The second-order valence-corrected chi connectivity index (χ2v) is 6.85. The second-order valence-electron chi connectivity index (χ2n) is 6.85. The van der Waals surface area contributed by atoms with Crippen LogP contribution in [0.1, 0.15) is 31.4 Å². The maximum atomic E-state index is 4.39. The van der Waals surface area contributed by atoms with Crippen LogP contribution in [0.2, 0.25) is 0 Å². The van der Waals surface area contributed by atoms with Gasteiger partial charge >= 0.3 is 0 Å². The van der Waals surface area contributed by atoms with E-state index in [0.717, 1.165) is 36.9 Å². The number of hydrogen-bond acceptors (Lipinski definition) is 5. The average molecular weight is 336 g/mol. The molecule has 3 heterocycles. The molecule has 0 amide bonds. The van der Waals surface area contributed by atoms with Crippen LogP contribution in [0.25, 0.3) is 11.2 Å². The Bertz CT molecular complexity index is 807. The summed E-state index contributed by atoms with van der Waals surface area (Å²) in [6, 6.07) is 11.1. The summed E-state index contributed by atoms with van der Waals surface area (Å²) in [7, 11) is 0. The van der Waals surface area contributed by atoms with Gasteiger partial charge in [-0.25, -0.2) is 15.0 Å². The zero-order chi connectivity index (χ0) is 17.1. The first-order chi connectivity index (χ1) is 12.3. The van der Waals surface area contributed by atoms with Crippen LogP contribution in [-0.4, -0.2) is 44.5 Å². The molecule has 1 fully saturated rings. The van der Waals surface area contributed by atoms with E-state index < -0.39 is 0 Å². The Hall–Kier alpha value is -2.47. The summed E-state index contributed by atoms with van der Waals surface area (Å²) in [4.78, 5) is 18.5. The van der Waals surface area contributed by atoms with E-state index in [4.69, 9.17) is 0 Å². The van der Waals surface area contributed by atoms with Gasteiger partial charge in [0.15, 0.2) is 11.5 Å². The summed E-state index contributed by atoms with van der Waals surface area (Å²) in [5.41, 5.74) is 2.90. The third-order valence-corrected chi connectivity index (χ3v) is 5.13. The first-order valence-electron chi connectivity index (χ1n) is 8.98. The van der Waals surface area contributed by atoms with E-state index in [-0.39, 0.29) is 0 Å². The number of fused-ring (bicyclic) bond motifs is 1. The molecule has 1 unspecified atom stereocenters. The summed E-state index contributed by atoms with van der Waals surface area (Å²) in [5, 5.41) is 3.52. The molecule has 130 valence electrons. The van der Waals surface area contributed by atoms with E-state index in [2.05, 4.69) is 67.4 Å². The summed E-state index contributed by atoms with van der Waals surface area (Å²) in [6.45, 7) is 5.45. The number of imidazole rings is 1. The summed E-state index contributed by atoms with van der Waals surface area (Å²) >= 11 is 0. The van der Waals surface area contributed by atoms with Gasteiger partial charge in [0.2, 0.25) is 0 Å². The van der Waals surface area contributed by atoms with Gasteiger partial charge in [0.05, 0.1) is 12.4 Å². The van der Waals surface area contributed by atoms with Crippen LogP contribution in [0.4, 0.5) is 5.82 Å². The van der Waals surface area contributed by atoms with Gasteiger partial charge in [0, 0.05) is 6.54 Å². The van der Waals surface area contributed by atoms with Crippen molar-refractivity contribution in [2.24, 2.45) is 5.92 Å². The minimum absolute atomic E-state index is 0.335. The Morgan fingerprint density at radius 3 is 2.76 bits per heavy atom. The fourth-order valence-electron chi connectivity index (χ4n) is 3.57. The van der Waals surface area contributed by atoms with Crippen molar-refractivity contribution in [1.82, 2.24) is 24.8 Å². The average Bonchev–Trinajstić information content (AvgIpc) is 3.14. The lowest BCUT2D eigenvalue weighted by atomic mass is 9.95. The smallest absolute Gasteiger partial charge is 0.182 e. The predicted molar refractivity (Wildman–Crippen MR) is 99.3 cm³/mol. The number of likely N-dealkylation sites (tertiary alicyclic amines) is 1. The fourth-order valence-corrected chi connectivity index (χ4v) is 3.57. The normalized spacial score (nSPS) is 17.6. The first-order valence-corrected chi connectivity index (χ1v) is 8.98. The van der Waals surface area contributed by atoms with Crippen LogP contribution in [0.15, 0.2) is 43.0 Å². The van der Waals surface area contributed by atoms with Crippen molar-refractivity contribution in [2.45, 2.75) is 25.8 Å². The highest BCUT2D eigenvalue weighted by Crippen LogP contribution is 2.27. The lowest BCUT2D eigenvalue weighted by molar-refractivity contribution is 0.143. The van der Waals surface area contributed by atoms with Crippen LogP contribution in [0, 0.1) is 5.92 Å². The molecule has 1 aromatic carbocycles. The van der Waals surface area contributed by atoms with Crippen molar-refractivity contribution < 1.29 is 0 Å². The largest absolute Gasteiger partial charge is 0.366 e. The molecule has 3 aromatic rings. The minimum Gasteiger partial charge on any atom is -0.366 e. The van der Waals surface area contributed by atoms with Crippen LogP contribution < -0.4 is 5.32 Å². The number of aromatic nitrogens is 4. The monoisotopic (exact) mass is 336 g/mol. The Morgan fingerprint density at radius 2 is 1.96 bits per heavy atom. The molecule has 2 N–H and O–H groups in total. The molecule has 0 aliphatic carbocycles. The number of aromatic amines is 1. The minimum atomic E-state index is 0.335. The quantitative estimate of drug-likeness (QED) is 0.748. The van der Waals surface area contributed by atoms with Crippen LogP contribution >= 0.6 is 0 Å². The molecule has 1 saturated heterocycles. The van der Waals surface area contributed by atoms with Crippen molar-refractivity contribution in [3.05, 3.63) is 48.5 Å². The summed E-state index contributed by atoms with van der Waals surface area (Å²) in [6.07, 6.45) is 5.75. The van der Waals surface area contributed by atoms with Gasteiger partial charge < -0.3 is 10.3 Å². The molecular weight excluding hydrogens is 312 g/mol. The molecule has 0 saturated carbocycles. The highest BCUT2D eigenvalue weighted by Gasteiger charge is 2.24. The maximum absolute atomic E-state index is 4.39. The van der Waals surface area contributed by atoms with Crippen molar-refractivity contribution >= 4 is 17.0 Å². The van der Waals surface area contributed by atoms with E-state index in [1.165, 1.54) is 18.4 Å². The van der Waals surface area contributed by atoms with E-state index >= 15 is 0 Å². The van der Waals surface area contributed by atoms with Crippen molar-refractivity contribution in [3.63, 3.8) is 0 Å². The molecule has 6 nitrogen and oxygen atoms in total. The molecule has 6 heteroatoms. The standard InChI is InChI=1S/C19H24N6/c1-14-7-9-25(10-8-14)16(15-5-3-2-4-6-15)11-20-18-17-19(22-12-21-17)24-13-23-18/h2-6,12-14,16H,7-11H2,1H3,(H2,20,21,22,23,24). The number of H-pyrrole nitrogens is 1. The molecule has 0 bridgehead atoms. The van der Waals surface area contributed by atoms with Crippen molar-refractivity contribution in [1.29, 1.82) is 0 Å². The lowest BCUT2D eigenvalue weighted by Gasteiger charge is -2.37. The molecule has 1 aliphatic heterocycles. The summed E-state index contributed by atoms with van der Waals surface area (Å²) in [5.74, 6) is 1.64. The number of rotatable bonds is 5. The Labute approximate surface area is 147 Å². The number of nitrogens with zero attached hydrogens (tertiary/aromatic N) is 4. The second kappa shape index (κ2) is 7.19. The Kier molecular flexibility index (Phi) is 4.61. The van der Waals surface area contributed by atoms with Gasteiger partial charge in [-0.3, -0.25) is 4.90 Å². The van der Waals surface area contributed by atoms with Crippen LogP contribution in [-0.2, 0) is 0 Å². The van der Waals surface area contributed by atoms with Gasteiger partial charge in [-0.2, -0.15) is 0 Å². The van der Waals surface area contributed by atoms with Crippen LogP contribution in [0.3, 0.4) is 0 Å². The van der Waals surface area contributed by atoms with E-state index in [1.54, 1.807) is 12.7 Å². The Balaban J connectivity index is 1.55. The van der Waals surface area contributed by atoms with Crippen molar-refractivity contribution in [2.75, 3.05) is 25.0 Å². The third-order valence-electron chi connectivity index (χ3n) is 5.13. The molecule has 0 spiro atoms. The van der Waals surface area contributed by atoms with Gasteiger partial charge in [0.25, 0.3) is 0 Å². The highest BCUT2D eigenvalue weighted by atomic mass is 15.2. The molecule has 2 aromatic heterocycles. The zero-order valence-electron chi connectivity index (χ0n) is 14.5. The molecule has 1 atom stereocenters.